The Balaban J connectivity index is 1.86. The van der Waals surface area contributed by atoms with Crippen LogP contribution in [-0.4, -0.2) is 16.7 Å². The van der Waals surface area contributed by atoms with Crippen molar-refractivity contribution >= 4 is 0 Å². The van der Waals surface area contributed by atoms with Gasteiger partial charge in [-0.15, -0.1) is 0 Å². The second-order valence-electron chi connectivity index (χ2n) is 4.67. The molecule has 1 atom stereocenters. The highest BCUT2D eigenvalue weighted by atomic mass is 19.1. The van der Waals surface area contributed by atoms with E-state index in [0.29, 0.717) is 30.2 Å². The third kappa shape index (κ3) is 3.61. The molecule has 102 valence electrons. The van der Waals surface area contributed by atoms with Crippen LogP contribution in [0.2, 0.25) is 0 Å². The normalized spacial score (nSPS) is 12.6. The van der Waals surface area contributed by atoms with Gasteiger partial charge >= 0.3 is 0 Å². The first kappa shape index (κ1) is 13.7. The van der Waals surface area contributed by atoms with Crippen LogP contribution in [0.1, 0.15) is 35.8 Å². The Bertz CT molecular complexity index is 553. The highest BCUT2D eigenvalue weighted by Gasteiger charge is 2.08. The molecule has 1 unspecified atom stereocenters. The summed E-state index contributed by atoms with van der Waals surface area (Å²) in [5, 5.41) is 7.04. The molecule has 0 fully saturated rings. The number of aryl methyl sites for hydroxylation is 2. The lowest BCUT2D eigenvalue weighted by Crippen LogP contribution is -2.21. The van der Waals surface area contributed by atoms with Crippen LogP contribution in [0.3, 0.4) is 0 Å². The zero-order valence-corrected chi connectivity index (χ0v) is 11.4. The Morgan fingerprint density at radius 3 is 2.79 bits per heavy atom. The molecule has 5 heteroatoms. The predicted molar refractivity (Wildman–Crippen MR) is 70.3 cm³/mol. The molecular weight excluding hydrogens is 245 g/mol. The van der Waals surface area contributed by atoms with Gasteiger partial charge in [0.1, 0.15) is 5.82 Å². The van der Waals surface area contributed by atoms with Crippen LogP contribution < -0.4 is 5.32 Å². The quantitative estimate of drug-likeness (QED) is 0.901. The minimum Gasteiger partial charge on any atom is -0.339 e. The first-order chi connectivity index (χ1) is 9.06. The summed E-state index contributed by atoms with van der Waals surface area (Å²) in [5.74, 6) is 1.09. The first-order valence-corrected chi connectivity index (χ1v) is 6.35. The first-order valence-electron chi connectivity index (χ1n) is 6.35. The van der Waals surface area contributed by atoms with Crippen LogP contribution >= 0.6 is 0 Å². The monoisotopic (exact) mass is 263 g/mol. The smallest absolute Gasteiger partial charge is 0.227 e. The molecule has 0 aliphatic carbocycles. The minimum atomic E-state index is -0.168. The molecule has 0 aliphatic rings. The van der Waals surface area contributed by atoms with Gasteiger partial charge in [-0.05, 0) is 38.0 Å². The van der Waals surface area contributed by atoms with Gasteiger partial charge in [0.2, 0.25) is 5.89 Å². The van der Waals surface area contributed by atoms with E-state index in [-0.39, 0.29) is 11.9 Å². The molecule has 2 aromatic rings. The van der Waals surface area contributed by atoms with Crippen LogP contribution in [-0.2, 0) is 6.42 Å². The third-order valence-corrected chi connectivity index (χ3v) is 3.05. The van der Waals surface area contributed by atoms with Gasteiger partial charge in [-0.25, -0.2) is 4.39 Å². The van der Waals surface area contributed by atoms with Gasteiger partial charge in [-0.3, -0.25) is 0 Å². The summed E-state index contributed by atoms with van der Waals surface area (Å²) in [4.78, 5) is 4.13. The molecule has 19 heavy (non-hydrogen) atoms. The van der Waals surface area contributed by atoms with E-state index in [1.807, 2.05) is 13.0 Å². The van der Waals surface area contributed by atoms with E-state index < -0.39 is 0 Å². The molecule has 0 saturated carbocycles. The lowest BCUT2D eigenvalue weighted by atomic mass is 10.1. The third-order valence-electron chi connectivity index (χ3n) is 3.05. The van der Waals surface area contributed by atoms with Crippen LogP contribution in [0.5, 0.6) is 0 Å². The summed E-state index contributed by atoms with van der Waals surface area (Å²) in [6.07, 6.45) is 0.666. The fourth-order valence-electron chi connectivity index (χ4n) is 1.83. The van der Waals surface area contributed by atoms with Gasteiger partial charge in [0.05, 0.1) is 0 Å². The SMILES string of the molecule is Cc1noc(CCNC(C)c2ccc(C)c(F)c2)n1. The molecule has 0 aliphatic heterocycles. The molecule has 1 heterocycles. The average Bonchev–Trinajstić information content (AvgIpc) is 2.78. The van der Waals surface area contributed by atoms with Crippen LogP contribution in [0.25, 0.3) is 0 Å². The number of benzene rings is 1. The van der Waals surface area contributed by atoms with E-state index in [4.69, 9.17) is 4.52 Å². The van der Waals surface area contributed by atoms with Gasteiger partial charge in [0.15, 0.2) is 5.82 Å². The molecule has 0 spiro atoms. The highest BCUT2D eigenvalue weighted by molar-refractivity contribution is 5.25. The number of hydrogen-bond acceptors (Lipinski definition) is 4. The number of nitrogens with one attached hydrogen (secondary N) is 1. The molecular formula is C14H18FN3O. The zero-order valence-electron chi connectivity index (χ0n) is 11.4. The molecule has 1 aromatic heterocycles. The van der Waals surface area contributed by atoms with Crippen molar-refractivity contribution in [1.82, 2.24) is 15.5 Å². The summed E-state index contributed by atoms with van der Waals surface area (Å²) in [6.45, 7) is 6.26. The van der Waals surface area contributed by atoms with Crippen molar-refractivity contribution in [3.05, 3.63) is 46.9 Å². The van der Waals surface area contributed by atoms with E-state index >= 15 is 0 Å². The van der Waals surface area contributed by atoms with Crippen molar-refractivity contribution in [2.75, 3.05) is 6.54 Å². The van der Waals surface area contributed by atoms with Gasteiger partial charge in [-0.1, -0.05) is 17.3 Å². The fraction of sp³-hybridized carbons (Fsp3) is 0.429. The predicted octanol–water partition coefficient (Wildman–Crippen LogP) is 2.72. The van der Waals surface area contributed by atoms with E-state index in [2.05, 4.69) is 15.5 Å². The average molecular weight is 263 g/mol. The fourth-order valence-corrected chi connectivity index (χ4v) is 1.83. The van der Waals surface area contributed by atoms with E-state index in [1.54, 1.807) is 26.0 Å². The molecule has 2 rings (SSSR count). The maximum absolute atomic E-state index is 13.5. The Morgan fingerprint density at radius 1 is 1.37 bits per heavy atom. The molecule has 0 saturated heterocycles. The topological polar surface area (TPSA) is 51.0 Å². The Kier molecular flexibility index (Phi) is 4.27. The van der Waals surface area contributed by atoms with Crippen molar-refractivity contribution in [2.45, 2.75) is 33.2 Å². The highest BCUT2D eigenvalue weighted by Crippen LogP contribution is 2.16. The van der Waals surface area contributed by atoms with Gasteiger partial charge in [-0.2, -0.15) is 4.98 Å². The Labute approximate surface area is 112 Å². The number of nitrogens with zero attached hydrogens (tertiary/aromatic N) is 2. The van der Waals surface area contributed by atoms with Crippen molar-refractivity contribution in [3.8, 4) is 0 Å². The Hall–Kier alpha value is -1.75. The molecule has 4 nitrogen and oxygen atoms in total. The largest absolute Gasteiger partial charge is 0.339 e. The molecule has 1 aromatic carbocycles. The second-order valence-corrected chi connectivity index (χ2v) is 4.67. The molecule has 1 N–H and O–H groups in total. The molecule has 0 bridgehead atoms. The standard InChI is InChI=1S/C14H18FN3O/c1-9-4-5-12(8-13(9)15)10(2)16-7-6-14-17-11(3)18-19-14/h4-5,8,10,16H,6-7H2,1-3H3. The van der Waals surface area contributed by atoms with Gasteiger partial charge in [0, 0.05) is 19.0 Å². The number of hydrogen-bond donors (Lipinski definition) is 1. The molecule has 0 amide bonds. The number of halogens is 1. The van der Waals surface area contributed by atoms with Crippen molar-refractivity contribution in [2.24, 2.45) is 0 Å². The Morgan fingerprint density at radius 2 is 2.16 bits per heavy atom. The summed E-state index contributed by atoms with van der Waals surface area (Å²) >= 11 is 0. The van der Waals surface area contributed by atoms with Crippen LogP contribution in [0, 0.1) is 19.7 Å². The van der Waals surface area contributed by atoms with Crippen LogP contribution in [0.15, 0.2) is 22.7 Å². The van der Waals surface area contributed by atoms with Gasteiger partial charge in [0.25, 0.3) is 0 Å². The number of aromatic nitrogens is 2. The summed E-state index contributed by atoms with van der Waals surface area (Å²) in [7, 11) is 0. The van der Waals surface area contributed by atoms with Crippen molar-refractivity contribution < 1.29 is 8.91 Å². The zero-order chi connectivity index (χ0) is 13.8. The second kappa shape index (κ2) is 5.93. The summed E-state index contributed by atoms with van der Waals surface area (Å²) in [6, 6.07) is 5.39. The molecule has 0 radical (unpaired) electrons. The van der Waals surface area contributed by atoms with E-state index in [0.717, 1.165) is 5.56 Å². The van der Waals surface area contributed by atoms with Gasteiger partial charge < -0.3 is 9.84 Å². The minimum absolute atomic E-state index is 0.0825. The van der Waals surface area contributed by atoms with Crippen LogP contribution in [0.4, 0.5) is 4.39 Å². The maximum atomic E-state index is 13.5. The lowest BCUT2D eigenvalue weighted by molar-refractivity contribution is 0.370. The van der Waals surface area contributed by atoms with Crippen molar-refractivity contribution in [3.63, 3.8) is 0 Å². The van der Waals surface area contributed by atoms with E-state index in [9.17, 15) is 4.39 Å². The summed E-state index contributed by atoms with van der Waals surface area (Å²) < 4.78 is 18.5. The van der Waals surface area contributed by atoms with Crippen molar-refractivity contribution in [1.29, 1.82) is 0 Å². The lowest BCUT2D eigenvalue weighted by Gasteiger charge is -2.14. The summed E-state index contributed by atoms with van der Waals surface area (Å²) in [5.41, 5.74) is 1.60. The van der Waals surface area contributed by atoms with E-state index in [1.165, 1.54) is 0 Å². The number of rotatable bonds is 5. The maximum Gasteiger partial charge on any atom is 0.227 e.